The normalized spacial score (nSPS) is 9.77. The average Bonchev–Trinajstić information content (AvgIpc) is 2.08. The van der Waals surface area contributed by atoms with Crippen molar-refractivity contribution in [1.29, 1.82) is 0 Å². The van der Waals surface area contributed by atoms with E-state index < -0.39 is 7.12 Å². The van der Waals surface area contributed by atoms with E-state index in [4.69, 9.17) is 15.8 Å². The molecule has 4 nitrogen and oxygen atoms in total. The van der Waals surface area contributed by atoms with Crippen molar-refractivity contribution < 1.29 is 10.0 Å². The summed E-state index contributed by atoms with van der Waals surface area (Å²) in [6, 6.07) is 4.86. The van der Waals surface area contributed by atoms with E-state index in [-0.39, 0.29) is 0 Å². The van der Waals surface area contributed by atoms with E-state index in [1.54, 1.807) is 18.2 Å². The van der Waals surface area contributed by atoms with Crippen LogP contribution in [0.2, 0.25) is 0 Å². The third-order valence-corrected chi connectivity index (χ3v) is 1.74. The quantitative estimate of drug-likeness (QED) is 0.369. The van der Waals surface area contributed by atoms with Crippen molar-refractivity contribution in [3.63, 3.8) is 0 Å². The lowest BCUT2D eigenvalue weighted by Gasteiger charge is -2.08. The lowest BCUT2D eigenvalue weighted by molar-refractivity contribution is 0.426. The maximum Gasteiger partial charge on any atom is 0.488 e. The summed E-state index contributed by atoms with van der Waals surface area (Å²) in [6.45, 7) is 2.69. The van der Waals surface area contributed by atoms with E-state index in [0.29, 0.717) is 11.2 Å². The second-order valence-electron chi connectivity index (χ2n) is 2.75. The van der Waals surface area contributed by atoms with Gasteiger partial charge in [0.05, 0.1) is 11.4 Å². The highest BCUT2D eigenvalue weighted by Gasteiger charge is 2.11. The third-order valence-electron chi connectivity index (χ3n) is 1.74. The highest BCUT2D eigenvalue weighted by Crippen LogP contribution is 2.15. The van der Waals surface area contributed by atoms with Gasteiger partial charge in [-0.05, 0) is 24.5 Å². The van der Waals surface area contributed by atoms with Crippen LogP contribution in [0.25, 0.3) is 0 Å². The number of nitrogens with one attached hydrogen (secondary N) is 1. The van der Waals surface area contributed by atoms with Gasteiger partial charge >= 0.3 is 7.12 Å². The average molecular weight is 180 g/mol. The molecule has 0 saturated heterocycles. The van der Waals surface area contributed by atoms with Gasteiger partial charge in [-0.15, -0.1) is 0 Å². The number of anilines is 2. The van der Waals surface area contributed by atoms with E-state index in [2.05, 4.69) is 5.32 Å². The summed E-state index contributed by atoms with van der Waals surface area (Å²) in [5, 5.41) is 20.8. The van der Waals surface area contributed by atoms with Gasteiger partial charge in [0.1, 0.15) is 0 Å². The van der Waals surface area contributed by atoms with Crippen LogP contribution in [0.1, 0.15) is 6.92 Å². The van der Waals surface area contributed by atoms with Gasteiger partial charge in [-0.2, -0.15) is 0 Å². The molecule has 1 rings (SSSR count). The minimum atomic E-state index is -1.45. The van der Waals surface area contributed by atoms with Crippen LogP contribution in [0, 0.1) is 0 Å². The number of rotatable bonds is 3. The standard InChI is InChI=1S/C8H13BN2O2/c1-2-11-8-5-6(9(12)13)3-4-7(8)10/h3-5,11-13H,2,10H2,1H3. The van der Waals surface area contributed by atoms with Gasteiger partial charge in [0, 0.05) is 6.54 Å². The molecule has 70 valence electrons. The Hall–Kier alpha value is -1.20. The molecule has 5 N–H and O–H groups in total. The molecule has 1 aromatic rings. The summed E-state index contributed by atoms with van der Waals surface area (Å²) in [7, 11) is -1.45. The molecule has 0 amide bonds. The lowest BCUT2D eigenvalue weighted by atomic mass is 9.80. The Kier molecular flexibility index (Phi) is 3.16. The fourth-order valence-corrected chi connectivity index (χ4v) is 1.08. The summed E-state index contributed by atoms with van der Waals surface area (Å²) >= 11 is 0. The molecule has 0 unspecified atom stereocenters. The van der Waals surface area contributed by atoms with E-state index in [9.17, 15) is 0 Å². The van der Waals surface area contributed by atoms with E-state index in [1.165, 1.54) is 0 Å². The van der Waals surface area contributed by atoms with Crippen LogP contribution >= 0.6 is 0 Å². The molecule has 0 saturated carbocycles. The van der Waals surface area contributed by atoms with Crippen molar-refractivity contribution in [1.82, 2.24) is 0 Å². The molecule has 0 radical (unpaired) electrons. The molecule has 0 aliphatic rings. The first kappa shape index (κ1) is 9.89. The summed E-state index contributed by atoms with van der Waals surface area (Å²) in [5.41, 5.74) is 7.42. The second-order valence-corrected chi connectivity index (χ2v) is 2.75. The molecule has 0 spiro atoms. The van der Waals surface area contributed by atoms with E-state index >= 15 is 0 Å². The molecule has 5 heteroatoms. The molecule has 0 fully saturated rings. The minimum absolute atomic E-state index is 0.435. The fraction of sp³-hybridized carbons (Fsp3) is 0.250. The minimum Gasteiger partial charge on any atom is -0.423 e. The van der Waals surface area contributed by atoms with Crippen LogP contribution in [-0.4, -0.2) is 23.7 Å². The van der Waals surface area contributed by atoms with Gasteiger partial charge in [-0.25, -0.2) is 0 Å². The molecule has 0 bridgehead atoms. The zero-order chi connectivity index (χ0) is 9.84. The van der Waals surface area contributed by atoms with Crippen LogP contribution in [0.4, 0.5) is 11.4 Å². The Morgan fingerprint density at radius 3 is 2.69 bits per heavy atom. The number of nitrogens with two attached hydrogens (primary N) is 1. The molecule has 0 aliphatic carbocycles. The number of hydrogen-bond acceptors (Lipinski definition) is 4. The molecule has 0 heterocycles. The van der Waals surface area contributed by atoms with E-state index in [1.807, 2.05) is 6.92 Å². The summed E-state index contributed by atoms with van der Waals surface area (Å²) in [5.74, 6) is 0. The highest BCUT2D eigenvalue weighted by atomic mass is 16.4. The monoisotopic (exact) mass is 180 g/mol. The first-order valence-electron chi connectivity index (χ1n) is 4.14. The first-order chi connectivity index (χ1) is 6.15. The molecule has 0 aromatic heterocycles. The Morgan fingerprint density at radius 1 is 1.46 bits per heavy atom. The molecule has 1 aromatic carbocycles. The molecular weight excluding hydrogens is 167 g/mol. The maximum absolute atomic E-state index is 8.89. The number of nitrogen functional groups attached to an aromatic ring is 1. The fourth-order valence-electron chi connectivity index (χ4n) is 1.08. The van der Waals surface area contributed by atoms with Crippen molar-refractivity contribution in [2.75, 3.05) is 17.6 Å². The van der Waals surface area contributed by atoms with Crippen LogP contribution in [0.5, 0.6) is 0 Å². The maximum atomic E-state index is 8.89. The molecule has 0 atom stereocenters. The highest BCUT2D eigenvalue weighted by molar-refractivity contribution is 6.58. The predicted molar refractivity (Wildman–Crippen MR) is 54.8 cm³/mol. The topological polar surface area (TPSA) is 78.5 Å². The van der Waals surface area contributed by atoms with Gasteiger partial charge < -0.3 is 21.1 Å². The van der Waals surface area contributed by atoms with Gasteiger partial charge in [-0.1, -0.05) is 6.07 Å². The SMILES string of the molecule is CCNc1cc(B(O)O)ccc1N. The van der Waals surface area contributed by atoms with Crippen LogP contribution in [0.15, 0.2) is 18.2 Å². The van der Waals surface area contributed by atoms with Crippen molar-refractivity contribution >= 4 is 24.0 Å². The molecule has 0 aliphatic heterocycles. The number of hydrogen-bond donors (Lipinski definition) is 4. The zero-order valence-electron chi connectivity index (χ0n) is 7.49. The smallest absolute Gasteiger partial charge is 0.423 e. The summed E-state index contributed by atoms with van der Waals surface area (Å²) < 4.78 is 0. The Bertz CT molecular complexity index is 291. The van der Waals surface area contributed by atoms with Crippen LogP contribution < -0.4 is 16.5 Å². The summed E-state index contributed by atoms with van der Waals surface area (Å²) in [4.78, 5) is 0. The van der Waals surface area contributed by atoms with Crippen molar-refractivity contribution in [2.45, 2.75) is 6.92 Å². The molecule has 13 heavy (non-hydrogen) atoms. The van der Waals surface area contributed by atoms with Crippen LogP contribution in [0.3, 0.4) is 0 Å². The van der Waals surface area contributed by atoms with Crippen molar-refractivity contribution in [3.05, 3.63) is 18.2 Å². The predicted octanol–water partition coefficient (Wildman–Crippen LogP) is -0.620. The Balaban J connectivity index is 2.97. The third kappa shape index (κ3) is 2.37. The zero-order valence-corrected chi connectivity index (χ0v) is 7.49. The van der Waals surface area contributed by atoms with Gasteiger partial charge in [0.2, 0.25) is 0 Å². The lowest BCUT2D eigenvalue weighted by Crippen LogP contribution is -2.30. The van der Waals surface area contributed by atoms with Crippen molar-refractivity contribution in [3.8, 4) is 0 Å². The largest absolute Gasteiger partial charge is 0.488 e. The van der Waals surface area contributed by atoms with Gasteiger partial charge in [-0.3, -0.25) is 0 Å². The number of benzene rings is 1. The Labute approximate surface area is 77.5 Å². The van der Waals surface area contributed by atoms with E-state index in [0.717, 1.165) is 12.2 Å². The van der Waals surface area contributed by atoms with Gasteiger partial charge in [0.15, 0.2) is 0 Å². The Morgan fingerprint density at radius 2 is 2.15 bits per heavy atom. The van der Waals surface area contributed by atoms with Gasteiger partial charge in [0.25, 0.3) is 0 Å². The first-order valence-corrected chi connectivity index (χ1v) is 4.14. The molecular formula is C8H13BN2O2. The summed E-state index contributed by atoms with van der Waals surface area (Å²) in [6.07, 6.45) is 0. The van der Waals surface area contributed by atoms with Crippen LogP contribution in [-0.2, 0) is 0 Å². The second kappa shape index (κ2) is 4.16. The van der Waals surface area contributed by atoms with Crippen molar-refractivity contribution in [2.24, 2.45) is 0 Å².